The number of nitrogens with zero attached hydrogens (tertiary/aromatic N) is 7. The standard InChI is InChI=1S/C26H28N8O.2ClH/c1-18-6-8-22(29-24(18)19-5-4-10-27-15-19)26(35)30-23-17-33(3)31-25(23)21-9-7-20(16-28-21)34-13-11-32(2)12-14-34;;/h4-10,15-17H,11-14H2,1-3H3,(H,30,35);2*1H. The van der Waals surface area contributed by atoms with E-state index in [4.69, 9.17) is 0 Å². The van der Waals surface area contributed by atoms with Crippen molar-refractivity contribution in [2.75, 3.05) is 43.4 Å². The minimum atomic E-state index is -0.307. The van der Waals surface area contributed by atoms with Crippen LogP contribution in [-0.4, -0.2) is 68.8 Å². The van der Waals surface area contributed by atoms with E-state index < -0.39 is 0 Å². The highest BCUT2D eigenvalue weighted by Crippen LogP contribution is 2.27. The van der Waals surface area contributed by atoms with Gasteiger partial charge in [0.15, 0.2) is 0 Å². The normalized spacial score (nSPS) is 13.4. The fourth-order valence-electron chi connectivity index (χ4n) is 4.18. The number of nitrogens with one attached hydrogen (secondary N) is 1. The van der Waals surface area contributed by atoms with Crippen LogP contribution in [0.3, 0.4) is 0 Å². The predicted octanol–water partition coefficient (Wildman–Crippen LogP) is 4.10. The second-order valence-corrected chi connectivity index (χ2v) is 8.81. The van der Waals surface area contributed by atoms with Crippen molar-refractivity contribution in [1.82, 2.24) is 29.6 Å². The predicted molar refractivity (Wildman–Crippen MR) is 151 cm³/mol. The number of pyridine rings is 3. The van der Waals surface area contributed by atoms with Gasteiger partial charge in [-0.2, -0.15) is 5.10 Å². The van der Waals surface area contributed by atoms with Gasteiger partial charge in [0.05, 0.1) is 29.0 Å². The Balaban J connectivity index is 0.00000190. The summed E-state index contributed by atoms with van der Waals surface area (Å²) < 4.78 is 1.67. The van der Waals surface area contributed by atoms with E-state index in [9.17, 15) is 4.79 Å². The Bertz CT molecular complexity index is 1340. The monoisotopic (exact) mass is 540 g/mol. The first-order chi connectivity index (χ1) is 17.0. The van der Waals surface area contributed by atoms with Crippen LogP contribution < -0.4 is 10.2 Å². The van der Waals surface area contributed by atoms with E-state index in [-0.39, 0.29) is 30.7 Å². The highest BCUT2D eigenvalue weighted by atomic mass is 35.5. The summed E-state index contributed by atoms with van der Waals surface area (Å²) in [5.41, 5.74) is 5.89. The summed E-state index contributed by atoms with van der Waals surface area (Å²) in [4.78, 5) is 31.2. The van der Waals surface area contributed by atoms with Crippen LogP contribution in [-0.2, 0) is 7.05 Å². The molecule has 0 saturated carbocycles. The van der Waals surface area contributed by atoms with Gasteiger partial charge in [0.2, 0.25) is 0 Å². The molecule has 1 amide bonds. The lowest BCUT2D eigenvalue weighted by Crippen LogP contribution is -2.44. The van der Waals surface area contributed by atoms with Gasteiger partial charge in [0, 0.05) is 57.4 Å². The first kappa shape index (κ1) is 28.0. The topological polar surface area (TPSA) is 92.1 Å². The van der Waals surface area contributed by atoms with E-state index in [2.05, 4.69) is 48.3 Å². The van der Waals surface area contributed by atoms with Crippen molar-refractivity contribution in [3.05, 3.63) is 72.4 Å². The largest absolute Gasteiger partial charge is 0.368 e. The molecule has 11 heteroatoms. The molecule has 1 aliphatic rings. The second-order valence-electron chi connectivity index (χ2n) is 8.81. The van der Waals surface area contributed by atoms with Gasteiger partial charge in [-0.15, -0.1) is 24.8 Å². The molecular formula is C26H30Cl2N8O. The zero-order chi connectivity index (χ0) is 24.4. The SMILES string of the molecule is Cc1ccc(C(=O)Nc2cn(C)nc2-c2ccc(N3CCN(C)CC3)cn2)nc1-c1cccnc1.Cl.Cl. The molecule has 4 aromatic heterocycles. The van der Waals surface area contributed by atoms with Crippen LogP contribution in [0.2, 0.25) is 0 Å². The van der Waals surface area contributed by atoms with Crippen LogP contribution in [0.1, 0.15) is 16.1 Å². The molecule has 0 radical (unpaired) electrons. The number of carbonyl (C=O) groups is 1. The maximum Gasteiger partial charge on any atom is 0.274 e. The third kappa shape index (κ3) is 6.25. The molecule has 0 unspecified atom stereocenters. The van der Waals surface area contributed by atoms with Gasteiger partial charge in [0.1, 0.15) is 11.4 Å². The molecule has 1 fully saturated rings. The Morgan fingerprint density at radius 3 is 2.41 bits per heavy atom. The molecule has 9 nitrogen and oxygen atoms in total. The number of carbonyl (C=O) groups excluding carboxylic acids is 1. The minimum absolute atomic E-state index is 0. The van der Waals surface area contributed by atoms with Crippen molar-refractivity contribution < 1.29 is 4.79 Å². The van der Waals surface area contributed by atoms with Crippen LogP contribution in [0.4, 0.5) is 11.4 Å². The molecular weight excluding hydrogens is 511 g/mol. The minimum Gasteiger partial charge on any atom is -0.368 e. The third-order valence-corrected chi connectivity index (χ3v) is 6.20. The zero-order valence-electron chi connectivity index (χ0n) is 21.0. The molecule has 0 bridgehead atoms. The number of likely N-dealkylation sites (N-methyl/N-ethyl adjacent to an activating group) is 1. The lowest BCUT2D eigenvalue weighted by molar-refractivity contribution is 0.102. The molecule has 0 spiro atoms. The summed E-state index contributed by atoms with van der Waals surface area (Å²) >= 11 is 0. The molecule has 0 aliphatic carbocycles. The maximum absolute atomic E-state index is 13.1. The quantitative estimate of drug-likeness (QED) is 0.407. The summed E-state index contributed by atoms with van der Waals surface area (Å²) in [6.45, 7) is 6.00. The molecule has 37 heavy (non-hydrogen) atoms. The summed E-state index contributed by atoms with van der Waals surface area (Å²) in [6, 6.07) is 11.4. The Morgan fingerprint density at radius 1 is 0.946 bits per heavy atom. The van der Waals surface area contributed by atoms with Crippen molar-refractivity contribution >= 4 is 42.1 Å². The average Bonchev–Trinajstić information content (AvgIpc) is 3.25. The summed E-state index contributed by atoms with van der Waals surface area (Å²) in [5, 5.41) is 7.52. The van der Waals surface area contributed by atoms with Gasteiger partial charge in [0.25, 0.3) is 5.91 Å². The van der Waals surface area contributed by atoms with E-state index in [1.807, 2.05) is 44.4 Å². The van der Waals surface area contributed by atoms with Crippen LogP contribution in [0.15, 0.2) is 61.2 Å². The van der Waals surface area contributed by atoms with Gasteiger partial charge >= 0.3 is 0 Å². The molecule has 1 saturated heterocycles. The number of piperazine rings is 1. The maximum atomic E-state index is 13.1. The summed E-state index contributed by atoms with van der Waals surface area (Å²) in [6.07, 6.45) is 7.11. The third-order valence-electron chi connectivity index (χ3n) is 6.20. The molecule has 5 heterocycles. The Kier molecular flexibility index (Phi) is 9.20. The number of halogens is 2. The lowest BCUT2D eigenvalue weighted by atomic mass is 10.1. The Labute approximate surface area is 228 Å². The van der Waals surface area contributed by atoms with Crippen molar-refractivity contribution in [3.8, 4) is 22.6 Å². The van der Waals surface area contributed by atoms with E-state index in [0.29, 0.717) is 22.8 Å². The molecule has 1 N–H and O–H groups in total. The zero-order valence-corrected chi connectivity index (χ0v) is 22.6. The van der Waals surface area contributed by atoms with Gasteiger partial charge in [-0.1, -0.05) is 6.07 Å². The molecule has 1 aliphatic heterocycles. The van der Waals surface area contributed by atoms with Crippen LogP contribution >= 0.6 is 24.8 Å². The first-order valence-electron chi connectivity index (χ1n) is 11.6. The van der Waals surface area contributed by atoms with E-state index >= 15 is 0 Å². The highest BCUT2D eigenvalue weighted by molar-refractivity contribution is 6.04. The van der Waals surface area contributed by atoms with Crippen molar-refractivity contribution in [2.45, 2.75) is 6.92 Å². The van der Waals surface area contributed by atoms with Gasteiger partial charge in [-0.25, -0.2) is 4.98 Å². The number of amides is 1. The number of aromatic nitrogens is 5. The van der Waals surface area contributed by atoms with Gasteiger partial charge < -0.3 is 15.1 Å². The van der Waals surface area contributed by atoms with Crippen molar-refractivity contribution in [2.24, 2.45) is 7.05 Å². The molecule has 0 atom stereocenters. The number of hydrogen-bond donors (Lipinski definition) is 1. The summed E-state index contributed by atoms with van der Waals surface area (Å²) in [5.74, 6) is -0.307. The Morgan fingerprint density at radius 2 is 1.73 bits per heavy atom. The van der Waals surface area contributed by atoms with Gasteiger partial charge in [-0.3, -0.25) is 19.4 Å². The smallest absolute Gasteiger partial charge is 0.274 e. The van der Waals surface area contributed by atoms with Crippen LogP contribution in [0, 0.1) is 6.92 Å². The van der Waals surface area contributed by atoms with E-state index in [1.165, 1.54) is 0 Å². The van der Waals surface area contributed by atoms with E-state index in [1.54, 1.807) is 29.3 Å². The van der Waals surface area contributed by atoms with Crippen molar-refractivity contribution in [3.63, 3.8) is 0 Å². The second kappa shape index (κ2) is 12.1. The summed E-state index contributed by atoms with van der Waals surface area (Å²) in [7, 11) is 3.96. The number of hydrogen-bond acceptors (Lipinski definition) is 7. The highest BCUT2D eigenvalue weighted by Gasteiger charge is 2.19. The molecule has 0 aromatic carbocycles. The molecule has 194 valence electrons. The lowest BCUT2D eigenvalue weighted by Gasteiger charge is -2.33. The first-order valence-corrected chi connectivity index (χ1v) is 11.6. The molecule has 4 aromatic rings. The molecule has 5 rings (SSSR count). The number of aryl methyl sites for hydroxylation is 2. The van der Waals surface area contributed by atoms with Crippen molar-refractivity contribution in [1.29, 1.82) is 0 Å². The Hall–Kier alpha value is -3.53. The number of rotatable bonds is 5. The fourth-order valence-corrected chi connectivity index (χ4v) is 4.18. The fraction of sp³-hybridized carbons (Fsp3) is 0.269. The average molecular weight is 541 g/mol. The van der Waals surface area contributed by atoms with Gasteiger partial charge in [-0.05, 0) is 49.9 Å². The van der Waals surface area contributed by atoms with Crippen LogP contribution in [0.25, 0.3) is 22.6 Å². The van der Waals surface area contributed by atoms with Crippen LogP contribution in [0.5, 0.6) is 0 Å². The number of anilines is 2. The van der Waals surface area contributed by atoms with E-state index in [0.717, 1.165) is 48.7 Å².